The first-order valence-corrected chi connectivity index (χ1v) is 8.01. The van der Waals surface area contributed by atoms with Crippen LogP contribution in [0.2, 0.25) is 5.02 Å². The summed E-state index contributed by atoms with van der Waals surface area (Å²) < 4.78 is 11.2. The number of hydrogen-bond acceptors (Lipinski definition) is 5. The quantitative estimate of drug-likeness (QED) is 0.322. The summed E-state index contributed by atoms with van der Waals surface area (Å²) in [6.45, 7) is 3.74. The summed E-state index contributed by atoms with van der Waals surface area (Å²) in [5.41, 5.74) is 2.34. The molecule has 3 aromatic rings. The van der Waals surface area contributed by atoms with Crippen LogP contribution in [0.3, 0.4) is 0 Å². The monoisotopic (exact) mass is 357 g/mol. The lowest BCUT2D eigenvalue weighted by Gasteiger charge is -2.13. The molecule has 0 atom stereocenters. The molecule has 0 aliphatic rings. The van der Waals surface area contributed by atoms with Crippen molar-refractivity contribution in [1.29, 1.82) is 0 Å². The summed E-state index contributed by atoms with van der Waals surface area (Å²) in [5.74, 6) is 0.464. The minimum absolute atomic E-state index is 0.296. The van der Waals surface area contributed by atoms with E-state index < -0.39 is 5.63 Å². The fourth-order valence-corrected chi connectivity index (χ4v) is 2.75. The first-order chi connectivity index (χ1) is 12.0. The van der Waals surface area contributed by atoms with Gasteiger partial charge < -0.3 is 14.4 Å². The average molecular weight is 358 g/mol. The van der Waals surface area contributed by atoms with E-state index in [0.717, 1.165) is 16.5 Å². The SMILES string of the molecule is C/C(=N\O)c1c(OCc2ccc(Cl)cc2)ccc2c(C)cc(=O)oc12. The van der Waals surface area contributed by atoms with Crippen LogP contribution in [0, 0.1) is 6.92 Å². The van der Waals surface area contributed by atoms with Crippen molar-refractivity contribution in [3.05, 3.63) is 74.6 Å². The second kappa shape index (κ2) is 6.99. The normalized spacial score (nSPS) is 11.7. The van der Waals surface area contributed by atoms with Crippen LogP contribution >= 0.6 is 11.6 Å². The number of oxime groups is 1. The molecule has 0 saturated carbocycles. The molecule has 1 heterocycles. The first-order valence-electron chi connectivity index (χ1n) is 7.63. The fraction of sp³-hybridized carbons (Fsp3) is 0.158. The summed E-state index contributed by atoms with van der Waals surface area (Å²) in [4.78, 5) is 11.8. The zero-order chi connectivity index (χ0) is 18.0. The second-order valence-electron chi connectivity index (χ2n) is 5.66. The third-order valence-electron chi connectivity index (χ3n) is 3.90. The van der Waals surface area contributed by atoms with E-state index >= 15 is 0 Å². The second-order valence-corrected chi connectivity index (χ2v) is 6.10. The van der Waals surface area contributed by atoms with Gasteiger partial charge in [-0.3, -0.25) is 0 Å². The van der Waals surface area contributed by atoms with Crippen LogP contribution in [0.1, 0.15) is 23.6 Å². The van der Waals surface area contributed by atoms with Crippen molar-refractivity contribution in [1.82, 2.24) is 0 Å². The van der Waals surface area contributed by atoms with E-state index in [1.165, 1.54) is 6.07 Å². The molecule has 3 rings (SSSR count). The Morgan fingerprint density at radius 3 is 2.64 bits per heavy atom. The van der Waals surface area contributed by atoms with E-state index in [1.807, 2.05) is 25.1 Å². The van der Waals surface area contributed by atoms with Crippen LogP contribution in [0.15, 0.2) is 56.8 Å². The topological polar surface area (TPSA) is 72.0 Å². The molecule has 1 N–H and O–H groups in total. The number of benzene rings is 2. The molecule has 6 heteroatoms. The maximum atomic E-state index is 11.8. The Kier molecular flexibility index (Phi) is 4.76. The van der Waals surface area contributed by atoms with E-state index in [4.69, 9.17) is 20.8 Å². The first kappa shape index (κ1) is 17.0. The van der Waals surface area contributed by atoms with Crippen LogP contribution in [-0.2, 0) is 6.61 Å². The highest BCUT2D eigenvalue weighted by Gasteiger charge is 2.17. The lowest BCUT2D eigenvalue weighted by atomic mass is 10.0. The Balaban J connectivity index is 2.08. The van der Waals surface area contributed by atoms with Crippen molar-refractivity contribution >= 4 is 28.3 Å². The van der Waals surface area contributed by atoms with E-state index in [2.05, 4.69) is 5.16 Å². The molecule has 0 amide bonds. The van der Waals surface area contributed by atoms with Gasteiger partial charge in [-0.2, -0.15) is 0 Å². The van der Waals surface area contributed by atoms with Gasteiger partial charge in [0.2, 0.25) is 0 Å². The van der Waals surface area contributed by atoms with E-state index in [0.29, 0.717) is 34.2 Å². The van der Waals surface area contributed by atoms with Gasteiger partial charge in [0, 0.05) is 16.5 Å². The Bertz CT molecular complexity index is 1010. The van der Waals surface area contributed by atoms with E-state index in [9.17, 15) is 10.0 Å². The van der Waals surface area contributed by atoms with Gasteiger partial charge in [0.05, 0.1) is 11.3 Å². The Morgan fingerprint density at radius 2 is 1.96 bits per heavy atom. The highest BCUT2D eigenvalue weighted by Crippen LogP contribution is 2.30. The molecular weight excluding hydrogens is 342 g/mol. The summed E-state index contributed by atoms with van der Waals surface area (Å²) in [7, 11) is 0. The highest BCUT2D eigenvalue weighted by molar-refractivity contribution is 6.30. The number of halogens is 1. The number of aryl methyl sites for hydroxylation is 1. The van der Waals surface area contributed by atoms with Gasteiger partial charge in [-0.15, -0.1) is 0 Å². The summed E-state index contributed by atoms with van der Waals surface area (Å²) >= 11 is 5.88. The van der Waals surface area contributed by atoms with E-state index in [-0.39, 0.29) is 0 Å². The minimum atomic E-state index is -0.466. The number of rotatable bonds is 4. The third kappa shape index (κ3) is 3.51. The standard InChI is InChI=1S/C19H16ClNO4/c1-11-9-17(22)25-19-15(11)7-8-16(18(19)12(2)21-23)24-10-13-3-5-14(20)6-4-13/h3-9,23H,10H2,1-2H3/b21-12+. The smallest absolute Gasteiger partial charge is 0.336 e. The lowest BCUT2D eigenvalue weighted by Crippen LogP contribution is -2.06. The number of hydrogen-bond donors (Lipinski definition) is 1. The third-order valence-corrected chi connectivity index (χ3v) is 4.15. The van der Waals surface area contributed by atoms with Crippen LogP contribution < -0.4 is 10.4 Å². The zero-order valence-corrected chi connectivity index (χ0v) is 14.5. The average Bonchev–Trinajstić information content (AvgIpc) is 2.60. The van der Waals surface area contributed by atoms with Crippen molar-refractivity contribution < 1.29 is 14.4 Å². The van der Waals surface area contributed by atoms with Gasteiger partial charge in [0.25, 0.3) is 0 Å². The molecule has 0 saturated heterocycles. The van der Waals surface area contributed by atoms with Crippen molar-refractivity contribution in [2.75, 3.05) is 0 Å². The van der Waals surface area contributed by atoms with Crippen molar-refractivity contribution in [3.63, 3.8) is 0 Å². The summed E-state index contributed by atoms with van der Waals surface area (Å²) in [6, 6.07) is 12.3. The molecule has 0 aliphatic carbocycles. The highest BCUT2D eigenvalue weighted by atomic mass is 35.5. The van der Waals surface area contributed by atoms with Crippen molar-refractivity contribution in [3.8, 4) is 5.75 Å². The summed E-state index contributed by atoms with van der Waals surface area (Å²) in [6.07, 6.45) is 0. The number of fused-ring (bicyclic) bond motifs is 1. The van der Waals surface area contributed by atoms with Crippen LogP contribution in [-0.4, -0.2) is 10.9 Å². The Morgan fingerprint density at radius 1 is 1.24 bits per heavy atom. The molecule has 5 nitrogen and oxygen atoms in total. The predicted octanol–water partition coefficient (Wildman–Crippen LogP) is 4.53. The van der Waals surface area contributed by atoms with Gasteiger partial charge in [-0.1, -0.05) is 28.9 Å². The molecular formula is C19H16ClNO4. The van der Waals surface area contributed by atoms with Crippen molar-refractivity contribution in [2.24, 2.45) is 5.16 Å². The Labute approximate surface area is 149 Å². The van der Waals surface area contributed by atoms with Gasteiger partial charge in [0.1, 0.15) is 12.4 Å². The maximum absolute atomic E-state index is 11.8. The molecule has 0 bridgehead atoms. The fourth-order valence-electron chi connectivity index (χ4n) is 2.62. The lowest BCUT2D eigenvalue weighted by molar-refractivity contribution is 0.303. The Hall–Kier alpha value is -2.79. The van der Waals surface area contributed by atoms with Gasteiger partial charge in [0.15, 0.2) is 5.58 Å². The largest absolute Gasteiger partial charge is 0.488 e. The molecule has 0 radical (unpaired) electrons. The molecule has 25 heavy (non-hydrogen) atoms. The number of nitrogens with zero attached hydrogens (tertiary/aromatic N) is 1. The van der Waals surface area contributed by atoms with Gasteiger partial charge >= 0.3 is 5.63 Å². The molecule has 0 fully saturated rings. The minimum Gasteiger partial charge on any atom is -0.488 e. The van der Waals surface area contributed by atoms with Gasteiger partial charge in [-0.05, 0) is 49.2 Å². The van der Waals surface area contributed by atoms with Gasteiger partial charge in [-0.25, -0.2) is 4.79 Å². The molecule has 128 valence electrons. The van der Waals surface area contributed by atoms with Crippen LogP contribution in [0.5, 0.6) is 5.75 Å². The molecule has 0 unspecified atom stereocenters. The molecule has 0 spiro atoms. The van der Waals surface area contributed by atoms with Crippen LogP contribution in [0.25, 0.3) is 11.0 Å². The van der Waals surface area contributed by atoms with Crippen molar-refractivity contribution in [2.45, 2.75) is 20.5 Å². The summed E-state index contributed by atoms with van der Waals surface area (Å²) in [5, 5.41) is 13.9. The number of ether oxygens (including phenoxy) is 1. The van der Waals surface area contributed by atoms with E-state index in [1.54, 1.807) is 25.1 Å². The van der Waals surface area contributed by atoms with Crippen LogP contribution in [0.4, 0.5) is 0 Å². The predicted molar refractivity (Wildman–Crippen MR) is 97.0 cm³/mol. The molecule has 0 aliphatic heterocycles. The zero-order valence-electron chi connectivity index (χ0n) is 13.7. The maximum Gasteiger partial charge on any atom is 0.336 e. The molecule has 1 aromatic heterocycles. The molecule has 2 aromatic carbocycles.